The Balaban J connectivity index is 1.77. The van der Waals surface area contributed by atoms with Gasteiger partial charge in [-0.05, 0) is 36.8 Å². The first kappa shape index (κ1) is 15.1. The molecule has 0 saturated heterocycles. The fourth-order valence-electron chi connectivity index (χ4n) is 1.89. The third-order valence-electron chi connectivity index (χ3n) is 3.16. The van der Waals surface area contributed by atoms with Crippen LogP contribution < -0.4 is 15.4 Å². The van der Waals surface area contributed by atoms with Gasteiger partial charge in [-0.1, -0.05) is 12.1 Å². The van der Waals surface area contributed by atoms with Crippen LogP contribution in [0.15, 0.2) is 47.1 Å². The molecule has 1 amide bonds. The van der Waals surface area contributed by atoms with Gasteiger partial charge in [-0.2, -0.15) is 0 Å². The van der Waals surface area contributed by atoms with Crippen LogP contribution in [0.25, 0.3) is 0 Å². The molecular weight excluding hydrogens is 268 g/mol. The number of nitrogens with one attached hydrogen (secondary N) is 2. The Hall–Kier alpha value is -2.27. The smallest absolute Gasteiger partial charge is 0.237 e. The number of rotatable bonds is 7. The molecule has 1 aromatic heterocycles. The summed E-state index contributed by atoms with van der Waals surface area (Å²) in [6.07, 6.45) is 1.59. The normalized spacial score (nSPS) is 11.9. The zero-order valence-electron chi connectivity index (χ0n) is 12.3. The van der Waals surface area contributed by atoms with E-state index in [4.69, 9.17) is 9.15 Å². The molecule has 0 bridgehead atoms. The Morgan fingerprint density at radius 1 is 1.29 bits per heavy atom. The van der Waals surface area contributed by atoms with Gasteiger partial charge in [-0.25, -0.2) is 0 Å². The molecular formula is C16H20N2O3. The molecule has 1 atom stereocenters. The lowest BCUT2D eigenvalue weighted by Crippen LogP contribution is -2.41. The van der Waals surface area contributed by atoms with E-state index in [1.165, 1.54) is 0 Å². The Bertz CT molecular complexity index is 567. The first-order valence-electron chi connectivity index (χ1n) is 6.85. The Kier molecular flexibility index (Phi) is 5.40. The van der Waals surface area contributed by atoms with Crippen molar-refractivity contribution in [1.82, 2.24) is 10.6 Å². The van der Waals surface area contributed by atoms with E-state index in [9.17, 15) is 4.79 Å². The Morgan fingerprint density at radius 2 is 2.14 bits per heavy atom. The van der Waals surface area contributed by atoms with E-state index in [0.29, 0.717) is 13.1 Å². The molecule has 5 nitrogen and oxygen atoms in total. The lowest BCUT2D eigenvalue weighted by Gasteiger charge is -2.14. The summed E-state index contributed by atoms with van der Waals surface area (Å²) in [7, 11) is 1.64. The summed E-state index contributed by atoms with van der Waals surface area (Å²) in [5.74, 6) is 1.49. The second kappa shape index (κ2) is 7.50. The number of amides is 1. The van der Waals surface area contributed by atoms with Gasteiger partial charge in [-0.3, -0.25) is 4.79 Å². The maximum Gasteiger partial charge on any atom is 0.237 e. The monoisotopic (exact) mass is 288 g/mol. The van der Waals surface area contributed by atoms with Crippen LogP contribution in [0.1, 0.15) is 18.2 Å². The largest absolute Gasteiger partial charge is 0.497 e. The second-order valence-corrected chi connectivity index (χ2v) is 4.75. The van der Waals surface area contributed by atoms with Crippen molar-refractivity contribution in [1.29, 1.82) is 0 Å². The molecule has 5 heteroatoms. The first-order valence-corrected chi connectivity index (χ1v) is 6.85. The average Bonchev–Trinajstić information content (AvgIpc) is 3.03. The number of hydrogen-bond donors (Lipinski definition) is 2. The summed E-state index contributed by atoms with van der Waals surface area (Å²) in [4.78, 5) is 11.9. The highest BCUT2D eigenvalue weighted by molar-refractivity contribution is 5.81. The van der Waals surface area contributed by atoms with E-state index in [1.807, 2.05) is 37.3 Å². The predicted octanol–water partition coefficient (Wildman–Crippen LogP) is 2.08. The van der Waals surface area contributed by atoms with Crippen LogP contribution in [0.4, 0.5) is 0 Å². The fraction of sp³-hybridized carbons (Fsp3) is 0.312. The summed E-state index contributed by atoms with van der Waals surface area (Å²) in [6, 6.07) is 11.1. The fourth-order valence-corrected chi connectivity index (χ4v) is 1.89. The molecule has 0 radical (unpaired) electrons. The predicted molar refractivity (Wildman–Crippen MR) is 79.9 cm³/mol. The number of carbonyl (C=O) groups excluding carboxylic acids is 1. The number of furan rings is 1. The molecule has 21 heavy (non-hydrogen) atoms. The molecule has 1 aromatic carbocycles. The van der Waals surface area contributed by atoms with E-state index in [2.05, 4.69) is 10.6 Å². The van der Waals surface area contributed by atoms with E-state index >= 15 is 0 Å². The summed E-state index contributed by atoms with van der Waals surface area (Å²) in [5.41, 5.74) is 1.07. The molecule has 1 heterocycles. The minimum atomic E-state index is -0.286. The van der Waals surface area contributed by atoms with Crippen molar-refractivity contribution in [2.75, 3.05) is 7.11 Å². The number of methoxy groups -OCH3 is 1. The molecule has 0 aliphatic heterocycles. The van der Waals surface area contributed by atoms with Crippen molar-refractivity contribution in [2.45, 2.75) is 26.1 Å². The average molecular weight is 288 g/mol. The number of carbonyl (C=O) groups is 1. The number of benzene rings is 1. The van der Waals surface area contributed by atoms with E-state index < -0.39 is 0 Å². The number of ether oxygens (including phenoxy) is 1. The van der Waals surface area contributed by atoms with Crippen molar-refractivity contribution in [3.8, 4) is 5.75 Å². The van der Waals surface area contributed by atoms with Gasteiger partial charge < -0.3 is 19.8 Å². The zero-order valence-corrected chi connectivity index (χ0v) is 12.3. The standard InChI is InChI=1S/C16H20N2O3/c1-12(16(19)18-11-15-7-4-8-21-15)17-10-13-5-3-6-14(9-13)20-2/h3-9,12,17H,10-11H2,1-2H3,(H,18,19). The molecule has 2 aromatic rings. The van der Waals surface area contributed by atoms with Crippen molar-refractivity contribution in [3.63, 3.8) is 0 Å². The van der Waals surface area contributed by atoms with Gasteiger partial charge >= 0.3 is 0 Å². The topological polar surface area (TPSA) is 63.5 Å². The van der Waals surface area contributed by atoms with Gasteiger partial charge in [-0.15, -0.1) is 0 Å². The summed E-state index contributed by atoms with van der Waals surface area (Å²) < 4.78 is 10.3. The lowest BCUT2D eigenvalue weighted by atomic mass is 10.2. The van der Waals surface area contributed by atoms with Crippen molar-refractivity contribution < 1.29 is 13.9 Å². The summed E-state index contributed by atoms with van der Waals surface area (Å²) in [5, 5.41) is 6.01. The number of hydrogen-bond acceptors (Lipinski definition) is 4. The van der Waals surface area contributed by atoms with Gasteiger partial charge in [0.25, 0.3) is 0 Å². The third kappa shape index (κ3) is 4.65. The molecule has 2 rings (SSSR count). The highest BCUT2D eigenvalue weighted by atomic mass is 16.5. The molecule has 2 N–H and O–H groups in total. The molecule has 0 aliphatic rings. The van der Waals surface area contributed by atoms with Gasteiger partial charge in [0.05, 0.1) is 26.0 Å². The van der Waals surface area contributed by atoms with Crippen LogP contribution in [0.5, 0.6) is 5.75 Å². The molecule has 0 fully saturated rings. The van der Waals surface area contributed by atoms with Crippen molar-refractivity contribution in [2.24, 2.45) is 0 Å². The minimum absolute atomic E-state index is 0.0608. The van der Waals surface area contributed by atoms with Crippen LogP contribution in [-0.2, 0) is 17.9 Å². The molecule has 112 valence electrons. The third-order valence-corrected chi connectivity index (χ3v) is 3.16. The van der Waals surface area contributed by atoms with Crippen LogP contribution in [-0.4, -0.2) is 19.1 Å². The van der Waals surface area contributed by atoms with Crippen LogP contribution in [0.3, 0.4) is 0 Å². The molecule has 1 unspecified atom stereocenters. The maximum absolute atomic E-state index is 11.9. The summed E-state index contributed by atoms with van der Waals surface area (Å²) in [6.45, 7) is 2.83. The zero-order chi connectivity index (χ0) is 15.1. The first-order chi connectivity index (χ1) is 10.2. The van der Waals surface area contributed by atoms with Crippen molar-refractivity contribution in [3.05, 3.63) is 54.0 Å². The van der Waals surface area contributed by atoms with Crippen LogP contribution >= 0.6 is 0 Å². The summed E-state index contributed by atoms with van der Waals surface area (Å²) >= 11 is 0. The highest BCUT2D eigenvalue weighted by Gasteiger charge is 2.12. The minimum Gasteiger partial charge on any atom is -0.497 e. The van der Waals surface area contributed by atoms with Gasteiger partial charge in [0.15, 0.2) is 0 Å². The van der Waals surface area contributed by atoms with Gasteiger partial charge in [0.2, 0.25) is 5.91 Å². The van der Waals surface area contributed by atoms with Gasteiger partial charge in [0, 0.05) is 6.54 Å². The molecule has 0 spiro atoms. The van der Waals surface area contributed by atoms with Crippen LogP contribution in [0, 0.1) is 0 Å². The van der Waals surface area contributed by atoms with Crippen LogP contribution in [0.2, 0.25) is 0 Å². The quantitative estimate of drug-likeness (QED) is 0.819. The maximum atomic E-state index is 11.9. The van der Waals surface area contributed by atoms with Gasteiger partial charge in [0.1, 0.15) is 11.5 Å². The second-order valence-electron chi connectivity index (χ2n) is 4.75. The Labute approximate surface area is 124 Å². The SMILES string of the molecule is COc1cccc(CNC(C)C(=O)NCc2ccco2)c1. The molecule has 0 aliphatic carbocycles. The van der Waals surface area contributed by atoms with E-state index in [-0.39, 0.29) is 11.9 Å². The molecule has 0 saturated carbocycles. The van der Waals surface area contributed by atoms with E-state index in [0.717, 1.165) is 17.1 Å². The Morgan fingerprint density at radius 3 is 2.86 bits per heavy atom. The van der Waals surface area contributed by atoms with E-state index in [1.54, 1.807) is 19.4 Å². The highest BCUT2D eigenvalue weighted by Crippen LogP contribution is 2.12. The van der Waals surface area contributed by atoms with Crippen molar-refractivity contribution >= 4 is 5.91 Å². The lowest BCUT2D eigenvalue weighted by molar-refractivity contribution is -0.123.